The summed E-state index contributed by atoms with van der Waals surface area (Å²) in [5.41, 5.74) is 1.92. The third-order valence-electron chi connectivity index (χ3n) is 5.12. The van der Waals surface area contributed by atoms with Crippen molar-refractivity contribution in [1.29, 1.82) is 0 Å². The van der Waals surface area contributed by atoms with Gasteiger partial charge in [-0.2, -0.15) is 0 Å². The average molecular weight is 447 g/mol. The summed E-state index contributed by atoms with van der Waals surface area (Å²) >= 11 is 6.27. The van der Waals surface area contributed by atoms with Gasteiger partial charge in [0.25, 0.3) is 5.91 Å². The van der Waals surface area contributed by atoms with Crippen LogP contribution < -0.4 is 9.64 Å². The van der Waals surface area contributed by atoms with E-state index in [1.165, 1.54) is 0 Å². The zero-order valence-corrected chi connectivity index (χ0v) is 18.5. The Bertz CT molecular complexity index is 1150. The molecule has 6 nitrogen and oxygen atoms in total. The fraction of sp³-hybridized carbons (Fsp3) is 0.240. The minimum absolute atomic E-state index is 0.0271. The zero-order chi connectivity index (χ0) is 22.3. The Balaban J connectivity index is 1.50. The van der Waals surface area contributed by atoms with E-state index in [2.05, 4.69) is 26.7 Å². The molecule has 1 aliphatic rings. The van der Waals surface area contributed by atoms with Crippen molar-refractivity contribution in [2.45, 2.75) is 6.92 Å². The van der Waals surface area contributed by atoms with Crippen molar-refractivity contribution in [3.8, 4) is 17.6 Å². The highest BCUT2D eigenvalue weighted by atomic mass is 35.5. The monoisotopic (exact) mass is 446 g/mol. The number of ether oxygens (including phenoxy) is 1. The summed E-state index contributed by atoms with van der Waals surface area (Å²) < 4.78 is 5.71. The first kappa shape index (κ1) is 21.7. The standard InChI is InChI=1S/C25H23ClN4O2/c1-2-32-23-11-9-20(18-19(23)8-10-21-6-3-4-12-27-21)25(31)30-16-14-29(15-17-30)24-22(26)7-5-13-28-24/h3-7,9,11-13,18H,2,14-17H2,1H3. The largest absolute Gasteiger partial charge is 0.493 e. The van der Waals surface area contributed by atoms with Gasteiger partial charge in [0.2, 0.25) is 0 Å². The second-order valence-electron chi connectivity index (χ2n) is 7.20. The molecule has 3 heterocycles. The first-order valence-corrected chi connectivity index (χ1v) is 10.9. The third-order valence-corrected chi connectivity index (χ3v) is 5.42. The Morgan fingerprint density at radius 3 is 2.56 bits per heavy atom. The van der Waals surface area contributed by atoms with Crippen molar-refractivity contribution in [3.63, 3.8) is 0 Å². The average Bonchev–Trinajstić information content (AvgIpc) is 2.84. The van der Waals surface area contributed by atoms with Crippen LogP contribution in [0.25, 0.3) is 0 Å². The summed E-state index contributed by atoms with van der Waals surface area (Å²) in [6.45, 7) is 4.96. The maximum atomic E-state index is 13.2. The lowest BCUT2D eigenvalue weighted by Crippen LogP contribution is -2.49. The van der Waals surface area contributed by atoms with Gasteiger partial charge in [-0.15, -0.1) is 0 Å². The molecule has 0 aliphatic carbocycles. The molecule has 1 aliphatic heterocycles. The number of aromatic nitrogens is 2. The lowest BCUT2D eigenvalue weighted by Gasteiger charge is -2.35. The number of piperazine rings is 1. The first-order valence-electron chi connectivity index (χ1n) is 10.5. The molecule has 0 atom stereocenters. The number of carbonyl (C=O) groups is 1. The highest BCUT2D eigenvalue weighted by molar-refractivity contribution is 6.32. The molecule has 3 aromatic rings. The minimum Gasteiger partial charge on any atom is -0.493 e. The van der Waals surface area contributed by atoms with Crippen molar-refractivity contribution in [2.24, 2.45) is 0 Å². The van der Waals surface area contributed by atoms with Gasteiger partial charge in [-0.3, -0.25) is 4.79 Å². The summed E-state index contributed by atoms with van der Waals surface area (Å²) in [6.07, 6.45) is 3.43. The van der Waals surface area contributed by atoms with E-state index in [0.29, 0.717) is 60.4 Å². The molecular formula is C25H23ClN4O2. The van der Waals surface area contributed by atoms with Crippen molar-refractivity contribution in [1.82, 2.24) is 14.9 Å². The predicted molar refractivity (Wildman–Crippen MR) is 125 cm³/mol. The molecule has 0 bridgehead atoms. The van der Waals surface area contributed by atoms with Crippen LogP contribution in [0.15, 0.2) is 60.9 Å². The molecule has 7 heteroatoms. The molecule has 1 aromatic carbocycles. The Kier molecular flexibility index (Phi) is 6.88. The molecule has 1 fully saturated rings. The number of nitrogens with zero attached hydrogens (tertiary/aromatic N) is 4. The van der Waals surface area contributed by atoms with Crippen LogP contribution in [-0.4, -0.2) is 53.6 Å². The highest BCUT2D eigenvalue weighted by Crippen LogP contribution is 2.25. The molecule has 32 heavy (non-hydrogen) atoms. The maximum absolute atomic E-state index is 13.2. The molecule has 0 N–H and O–H groups in total. The van der Waals surface area contributed by atoms with Crippen LogP contribution in [-0.2, 0) is 0 Å². The van der Waals surface area contributed by atoms with Gasteiger partial charge in [0.1, 0.15) is 17.3 Å². The van der Waals surface area contributed by atoms with E-state index in [9.17, 15) is 4.79 Å². The van der Waals surface area contributed by atoms with Gasteiger partial charge in [-0.05, 0) is 55.3 Å². The fourth-order valence-electron chi connectivity index (χ4n) is 3.52. The predicted octanol–water partition coefficient (Wildman–Crippen LogP) is 3.89. The van der Waals surface area contributed by atoms with E-state index in [1.54, 1.807) is 24.5 Å². The lowest BCUT2D eigenvalue weighted by atomic mass is 10.1. The van der Waals surface area contributed by atoms with Gasteiger partial charge in [-0.1, -0.05) is 23.6 Å². The quantitative estimate of drug-likeness (QED) is 0.569. The number of anilines is 1. The van der Waals surface area contributed by atoms with Crippen LogP contribution in [0.3, 0.4) is 0 Å². The third kappa shape index (κ3) is 5.01. The zero-order valence-electron chi connectivity index (χ0n) is 17.8. The Morgan fingerprint density at radius 2 is 1.84 bits per heavy atom. The fourth-order valence-corrected chi connectivity index (χ4v) is 3.77. The summed E-state index contributed by atoms with van der Waals surface area (Å²) in [5, 5.41) is 0.620. The molecule has 0 radical (unpaired) electrons. The molecule has 1 saturated heterocycles. The first-order chi connectivity index (χ1) is 15.7. The summed E-state index contributed by atoms with van der Waals surface area (Å²) in [4.78, 5) is 25.7. The number of hydrogen-bond acceptors (Lipinski definition) is 5. The molecule has 162 valence electrons. The van der Waals surface area contributed by atoms with Crippen LogP contribution in [0.1, 0.15) is 28.5 Å². The van der Waals surface area contributed by atoms with E-state index in [-0.39, 0.29) is 5.91 Å². The van der Waals surface area contributed by atoms with Crippen LogP contribution in [0.5, 0.6) is 5.75 Å². The van der Waals surface area contributed by atoms with Crippen LogP contribution >= 0.6 is 11.6 Å². The summed E-state index contributed by atoms with van der Waals surface area (Å²) in [7, 11) is 0. The number of benzene rings is 1. The normalized spacial score (nSPS) is 13.3. The van der Waals surface area contributed by atoms with E-state index >= 15 is 0 Å². The van der Waals surface area contributed by atoms with E-state index in [0.717, 1.165) is 5.82 Å². The Hall–Kier alpha value is -3.56. The van der Waals surface area contributed by atoms with E-state index < -0.39 is 0 Å². The summed E-state index contributed by atoms with van der Waals surface area (Å²) in [6, 6.07) is 14.6. The van der Waals surface area contributed by atoms with Gasteiger partial charge in [0.05, 0.1) is 17.2 Å². The van der Waals surface area contributed by atoms with Crippen molar-refractivity contribution in [3.05, 3.63) is 82.8 Å². The molecule has 1 amide bonds. The molecular weight excluding hydrogens is 424 g/mol. The van der Waals surface area contributed by atoms with Gasteiger partial charge >= 0.3 is 0 Å². The lowest BCUT2D eigenvalue weighted by molar-refractivity contribution is 0.0746. The van der Waals surface area contributed by atoms with Crippen LogP contribution in [0.2, 0.25) is 5.02 Å². The van der Waals surface area contributed by atoms with Crippen molar-refractivity contribution >= 4 is 23.3 Å². The molecule has 2 aromatic heterocycles. The van der Waals surface area contributed by atoms with Crippen molar-refractivity contribution in [2.75, 3.05) is 37.7 Å². The van der Waals surface area contributed by atoms with Crippen LogP contribution in [0.4, 0.5) is 5.82 Å². The van der Waals surface area contributed by atoms with E-state index in [1.807, 2.05) is 48.2 Å². The number of rotatable bonds is 4. The second kappa shape index (κ2) is 10.2. The maximum Gasteiger partial charge on any atom is 0.254 e. The molecule has 4 rings (SSSR count). The Morgan fingerprint density at radius 1 is 1.03 bits per heavy atom. The molecule has 0 saturated carbocycles. The number of amides is 1. The van der Waals surface area contributed by atoms with Gasteiger partial charge in [0, 0.05) is 44.1 Å². The van der Waals surface area contributed by atoms with Crippen LogP contribution in [0, 0.1) is 11.8 Å². The van der Waals surface area contributed by atoms with Gasteiger partial charge < -0.3 is 14.5 Å². The number of carbonyl (C=O) groups excluding carboxylic acids is 1. The minimum atomic E-state index is -0.0271. The number of halogens is 1. The SMILES string of the molecule is CCOc1ccc(C(=O)N2CCN(c3ncccc3Cl)CC2)cc1C#Cc1ccccn1. The number of hydrogen-bond donors (Lipinski definition) is 0. The topological polar surface area (TPSA) is 58.6 Å². The second-order valence-corrected chi connectivity index (χ2v) is 7.60. The van der Waals surface area contributed by atoms with Crippen molar-refractivity contribution < 1.29 is 9.53 Å². The summed E-state index contributed by atoms with van der Waals surface area (Å²) in [5.74, 6) is 7.54. The van der Waals surface area contributed by atoms with Gasteiger partial charge in [-0.25, -0.2) is 9.97 Å². The highest BCUT2D eigenvalue weighted by Gasteiger charge is 2.24. The molecule has 0 spiro atoms. The Labute approximate surface area is 192 Å². The van der Waals surface area contributed by atoms with Gasteiger partial charge in [0.15, 0.2) is 0 Å². The smallest absolute Gasteiger partial charge is 0.254 e. The molecule has 0 unspecified atom stereocenters. The van der Waals surface area contributed by atoms with E-state index in [4.69, 9.17) is 16.3 Å². The number of pyridine rings is 2.